The van der Waals surface area contributed by atoms with Crippen LogP contribution < -0.4 is 5.32 Å². The first-order chi connectivity index (χ1) is 13.6. The second kappa shape index (κ2) is 8.21. The van der Waals surface area contributed by atoms with Crippen LogP contribution in [0.4, 0.5) is 0 Å². The first-order valence-corrected chi connectivity index (χ1v) is 10.4. The number of carbonyl (C=O) groups is 2. The maximum atomic E-state index is 12.7. The number of nitrogens with one attached hydrogen (secondary N) is 1. The summed E-state index contributed by atoms with van der Waals surface area (Å²) in [6.45, 7) is 1.22. The molecule has 2 aromatic rings. The number of piperidine rings is 1. The van der Waals surface area contributed by atoms with Crippen LogP contribution in [0.3, 0.4) is 0 Å². The number of likely N-dealkylation sites (tertiary alicyclic amines) is 1. The van der Waals surface area contributed by atoms with Gasteiger partial charge in [-0.1, -0.05) is 24.3 Å². The van der Waals surface area contributed by atoms with E-state index in [-0.39, 0.29) is 11.8 Å². The zero-order chi connectivity index (χ0) is 19.5. The molecule has 0 saturated carbocycles. The number of benzene rings is 1. The van der Waals surface area contributed by atoms with Gasteiger partial charge in [0.05, 0.1) is 6.42 Å². The van der Waals surface area contributed by atoms with Crippen molar-refractivity contribution >= 4 is 22.7 Å². The van der Waals surface area contributed by atoms with Crippen molar-refractivity contribution in [1.82, 2.24) is 14.8 Å². The lowest BCUT2D eigenvalue weighted by molar-refractivity contribution is -0.130. The Morgan fingerprint density at radius 1 is 1.18 bits per heavy atom. The number of amides is 2. The van der Waals surface area contributed by atoms with Gasteiger partial charge in [0, 0.05) is 49.4 Å². The fourth-order valence-corrected chi connectivity index (χ4v) is 4.69. The summed E-state index contributed by atoms with van der Waals surface area (Å²) in [5, 5.41) is 4.04. The summed E-state index contributed by atoms with van der Waals surface area (Å²) in [4.78, 5) is 27.1. The van der Waals surface area contributed by atoms with Crippen molar-refractivity contribution in [3.63, 3.8) is 0 Å². The molecule has 5 nitrogen and oxygen atoms in total. The van der Waals surface area contributed by atoms with Crippen molar-refractivity contribution in [2.24, 2.45) is 13.0 Å². The second-order valence-electron chi connectivity index (χ2n) is 8.00. The Kier molecular flexibility index (Phi) is 5.51. The number of carbonyl (C=O) groups excluding carboxylic acids is 2. The minimum absolute atomic E-state index is 0.0300. The smallest absolute Gasteiger partial charge is 0.228 e. The molecule has 0 radical (unpaired) electrons. The molecule has 2 aliphatic rings. The standard InChI is InChI=1S/C23H29N3O2/c1-25-16-18(19-9-3-5-11-21(19)25)15-22(27)24-13-12-23(28)26-14-6-8-17-7-2-4-10-20(17)26/h3,5,9-11,16-17H,2,4,6-8,12-15H2,1H3,(H,24,27). The average molecular weight is 380 g/mol. The fourth-order valence-electron chi connectivity index (χ4n) is 4.69. The number of nitrogens with zero attached hydrogens (tertiary/aromatic N) is 2. The molecule has 0 spiro atoms. The van der Waals surface area contributed by atoms with Crippen molar-refractivity contribution in [2.75, 3.05) is 13.1 Å². The number of aromatic nitrogens is 1. The van der Waals surface area contributed by atoms with Crippen molar-refractivity contribution in [2.45, 2.75) is 44.9 Å². The molecule has 2 amide bonds. The largest absolute Gasteiger partial charge is 0.355 e. The first-order valence-electron chi connectivity index (χ1n) is 10.4. The van der Waals surface area contributed by atoms with Crippen molar-refractivity contribution in [3.05, 3.63) is 47.8 Å². The Bertz CT molecular complexity index is 912. The quantitative estimate of drug-likeness (QED) is 0.864. The van der Waals surface area contributed by atoms with Crippen LogP contribution in [0, 0.1) is 5.92 Å². The van der Waals surface area contributed by atoms with E-state index in [1.165, 1.54) is 25.0 Å². The predicted octanol–water partition coefficient (Wildman–Crippen LogP) is 3.53. The van der Waals surface area contributed by atoms with Crippen LogP contribution in [0.2, 0.25) is 0 Å². The van der Waals surface area contributed by atoms with E-state index in [1.54, 1.807) is 0 Å². The summed E-state index contributed by atoms with van der Waals surface area (Å²) < 4.78 is 2.05. The van der Waals surface area contributed by atoms with E-state index in [4.69, 9.17) is 0 Å². The number of fused-ring (bicyclic) bond motifs is 2. The van der Waals surface area contributed by atoms with Crippen molar-refractivity contribution in [1.29, 1.82) is 0 Å². The number of rotatable bonds is 5. The Balaban J connectivity index is 1.30. The number of aryl methyl sites for hydroxylation is 1. The van der Waals surface area contributed by atoms with E-state index in [1.807, 2.05) is 40.9 Å². The van der Waals surface area contributed by atoms with Gasteiger partial charge in [-0.15, -0.1) is 0 Å². The molecule has 1 fully saturated rings. The molecule has 5 heteroatoms. The van der Waals surface area contributed by atoms with Gasteiger partial charge >= 0.3 is 0 Å². The third kappa shape index (κ3) is 3.84. The molecule has 1 aromatic carbocycles. The molecule has 28 heavy (non-hydrogen) atoms. The topological polar surface area (TPSA) is 54.3 Å². The summed E-state index contributed by atoms with van der Waals surface area (Å²) >= 11 is 0. The van der Waals surface area contributed by atoms with Crippen LogP contribution in [0.1, 0.15) is 44.1 Å². The van der Waals surface area contributed by atoms with Crippen molar-refractivity contribution < 1.29 is 9.59 Å². The van der Waals surface area contributed by atoms with Gasteiger partial charge in [0.1, 0.15) is 0 Å². The SMILES string of the molecule is Cn1cc(CC(=O)NCCC(=O)N2CCCC3CCCC=C32)c2ccccc21. The molecule has 1 aromatic heterocycles. The van der Waals surface area contributed by atoms with Crippen LogP contribution in [-0.4, -0.2) is 34.4 Å². The average Bonchev–Trinajstić information content (AvgIpc) is 3.03. The maximum absolute atomic E-state index is 12.7. The molecule has 0 bridgehead atoms. The van der Waals surface area contributed by atoms with Crippen LogP contribution in [-0.2, 0) is 23.1 Å². The van der Waals surface area contributed by atoms with E-state index >= 15 is 0 Å². The van der Waals surface area contributed by atoms with E-state index in [2.05, 4.69) is 17.5 Å². The number of hydrogen-bond acceptors (Lipinski definition) is 2. The van der Waals surface area contributed by atoms with E-state index in [0.29, 0.717) is 25.3 Å². The summed E-state index contributed by atoms with van der Waals surface area (Å²) in [7, 11) is 1.99. The van der Waals surface area contributed by atoms with Crippen LogP contribution in [0.5, 0.6) is 0 Å². The highest BCUT2D eigenvalue weighted by molar-refractivity contribution is 5.89. The predicted molar refractivity (Wildman–Crippen MR) is 111 cm³/mol. The normalized spacial score (nSPS) is 19.2. The van der Waals surface area contributed by atoms with Crippen molar-refractivity contribution in [3.8, 4) is 0 Å². The summed E-state index contributed by atoms with van der Waals surface area (Å²) in [5.74, 6) is 0.674. The Hall–Kier alpha value is -2.56. The van der Waals surface area contributed by atoms with Gasteiger partial charge in [-0.2, -0.15) is 0 Å². The van der Waals surface area contributed by atoms with Gasteiger partial charge in [0.15, 0.2) is 0 Å². The summed E-state index contributed by atoms with van der Waals surface area (Å²) in [5.41, 5.74) is 3.39. The molecule has 1 unspecified atom stereocenters. The highest BCUT2D eigenvalue weighted by Gasteiger charge is 2.29. The number of hydrogen-bond donors (Lipinski definition) is 1. The Morgan fingerprint density at radius 2 is 2.00 bits per heavy atom. The van der Waals surface area contributed by atoms with Gasteiger partial charge < -0.3 is 14.8 Å². The van der Waals surface area contributed by atoms with E-state index in [9.17, 15) is 9.59 Å². The molecule has 1 aliphatic heterocycles. The molecule has 2 heterocycles. The lowest BCUT2D eigenvalue weighted by Gasteiger charge is -2.38. The summed E-state index contributed by atoms with van der Waals surface area (Å²) in [6.07, 6.45) is 10.8. The van der Waals surface area contributed by atoms with Gasteiger partial charge in [-0.25, -0.2) is 0 Å². The summed E-state index contributed by atoms with van der Waals surface area (Å²) in [6, 6.07) is 8.10. The van der Waals surface area contributed by atoms with Gasteiger partial charge in [-0.05, 0) is 49.7 Å². The maximum Gasteiger partial charge on any atom is 0.228 e. The molecule has 1 saturated heterocycles. The zero-order valence-electron chi connectivity index (χ0n) is 16.6. The zero-order valence-corrected chi connectivity index (χ0v) is 16.6. The van der Waals surface area contributed by atoms with Crippen LogP contribution in [0.15, 0.2) is 42.2 Å². The molecule has 148 valence electrons. The second-order valence-corrected chi connectivity index (χ2v) is 8.00. The van der Waals surface area contributed by atoms with Crippen LogP contribution in [0.25, 0.3) is 10.9 Å². The highest BCUT2D eigenvalue weighted by atomic mass is 16.2. The van der Waals surface area contributed by atoms with Gasteiger partial charge in [0.2, 0.25) is 11.8 Å². The molecule has 1 atom stereocenters. The Morgan fingerprint density at radius 3 is 2.89 bits per heavy atom. The monoisotopic (exact) mass is 379 g/mol. The third-order valence-electron chi connectivity index (χ3n) is 6.07. The third-order valence-corrected chi connectivity index (χ3v) is 6.07. The molecule has 1 aliphatic carbocycles. The molecular formula is C23H29N3O2. The minimum atomic E-state index is -0.0300. The molecular weight excluding hydrogens is 350 g/mol. The molecule has 4 rings (SSSR count). The lowest BCUT2D eigenvalue weighted by Crippen LogP contribution is -2.40. The Labute approximate surface area is 166 Å². The first kappa shape index (κ1) is 18.8. The van der Waals surface area contributed by atoms with Gasteiger partial charge in [0.25, 0.3) is 0 Å². The van der Waals surface area contributed by atoms with Gasteiger partial charge in [-0.3, -0.25) is 9.59 Å². The van der Waals surface area contributed by atoms with Crippen LogP contribution >= 0.6 is 0 Å². The van der Waals surface area contributed by atoms with E-state index in [0.717, 1.165) is 35.9 Å². The minimum Gasteiger partial charge on any atom is -0.355 e. The number of allylic oxidation sites excluding steroid dienone is 2. The lowest BCUT2D eigenvalue weighted by atomic mass is 9.85. The number of para-hydroxylation sites is 1. The van der Waals surface area contributed by atoms with E-state index < -0.39 is 0 Å². The fraction of sp³-hybridized carbons (Fsp3) is 0.478. The highest BCUT2D eigenvalue weighted by Crippen LogP contribution is 2.35. The molecule has 1 N–H and O–H groups in total.